The molecule has 1 fully saturated rings. The monoisotopic (exact) mass is 286 g/mol. The summed E-state index contributed by atoms with van der Waals surface area (Å²) in [5, 5.41) is 2.69. The molecule has 1 amide bonds. The molecule has 1 saturated heterocycles. The number of aromatic nitrogens is 2. The number of carbonyl (C=O) groups is 1. The molecule has 21 heavy (non-hydrogen) atoms. The van der Waals surface area contributed by atoms with Crippen molar-refractivity contribution in [3.63, 3.8) is 0 Å². The summed E-state index contributed by atoms with van der Waals surface area (Å²) in [6.45, 7) is 1.95. The molecule has 1 aromatic carbocycles. The molecule has 0 atom stereocenters. The Labute approximate surface area is 121 Å². The molecule has 1 N–H and O–H groups in total. The van der Waals surface area contributed by atoms with Gasteiger partial charge in [0.05, 0.1) is 18.1 Å². The molecule has 0 unspecified atom stereocenters. The minimum absolute atomic E-state index is 0.312. The first-order valence-electron chi connectivity index (χ1n) is 6.86. The van der Waals surface area contributed by atoms with Crippen LogP contribution in [0.5, 0.6) is 0 Å². The van der Waals surface area contributed by atoms with Crippen LogP contribution in [0.2, 0.25) is 0 Å². The number of rotatable bonds is 3. The molecule has 6 heteroatoms. The molecule has 0 spiro atoms. The van der Waals surface area contributed by atoms with Crippen LogP contribution in [0.4, 0.5) is 16.0 Å². The lowest BCUT2D eigenvalue weighted by Gasteiger charge is -2.14. The number of hydrogen-bond acceptors (Lipinski definition) is 4. The zero-order valence-electron chi connectivity index (χ0n) is 11.4. The molecular weight excluding hydrogens is 271 g/mol. The molecule has 0 saturated carbocycles. The van der Waals surface area contributed by atoms with E-state index >= 15 is 0 Å². The van der Waals surface area contributed by atoms with E-state index in [9.17, 15) is 9.18 Å². The molecule has 1 aliphatic heterocycles. The van der Waals surface area contributed by atoms with Gasteiger partial charge in [-0.1, -0.05) is 0 Å². The molecule has 2 heterocycles. The maximum absolute atomic E-state index is 12.8. The van der Waals surface area contributed by atoms with Crippen LogP contribution in [0, 0.1) is 5.82 Å². The summed E-state index contributed by atoms with van der Waals surface area (Å²) in [6, 6.07) is 5.37. The van der Waals surface area contributed by atoms with E-state index in [4.69, 9.17) is 0 Å². The van der Waals surface area contributed by atoms with Gasteiger partial charge in [-0.3, -0.25) is 4.79 Å². The van der Waals surface area contributed by atoms with E-state index < -0.39 is 0 Å². The highest BCUT2D eigenvalue weighted by Gasteiger charge is 2.14. The fourth-order valence-corrected chi connectivity index (χ4v) is 2.27. The van der Waals surface area contributed by atoms with Gasteiger partial charge in [0.25, 0.3) is 5.91 Å². The fraction of sp³-hybridized carbons (Fsp3) is 0.267. The van der Waals surface area contributed by atoms with E-state index in [2.05, 4.69) is 20.2 Å². The Balaban J connectivity index is 1.67. The van der Waals surface area contributed by atoms with E-state index in [1.54, 1.807) is 12.4 Å². The molecule has 108 valence electrons. The van der Waals surface area contributed by atoms with Crippen LogP contribution in [-0.2, 0) is 0 Å². The number of amides is 1. The van der Waals surface area contributed by atoms with Crippen LogP contribution >= 0.6 is 0 Å². The first-order valence-corrected chi connectivity index (χ1v) is 6.86. The van der Waals surface area contributed by atoms with E-state index in [-0.39, 0.29) is 11.7 Å². The van der Waals surface area contributed by atoms with Crippen molar-refractivity contribution >= 4 is 17.5 Å². The smallest absolute Gasteiger partial charge is 0.255 e. The highest BCUT2D eigenvalue weighted by atomic mass is 19.1. The quantitative estimate of drug-likeness (QED) is 0.941. The summed E-state index contributed by atoms with van der Waals surface area (Å²) in [6.07, 6.45) is 5.49. The predicted molar refractivity (Wildman–Crippen MR) is 77.8 cm³/mol. The number of anilines is 2. The first-order chi connectivity index (χ1) is 10.2. The molecule has 0 bridgehead atoms. The van der Waals surface area contributed by atoms with Crippen LogP contribution in [0.3, 0.4) is 0 Å². The van der Waals surface area contributed by atoms with Gasteiger partial charge in [-0.15, -0.1) is 0 Å². The van der Waals surface area contributed by atoms with E-state index in [1.165, 1.54) is 24.3 Å². The molecule has 0 aliphatic carbocycles. The molecule has 1 aromatic heterocycles. The average Bonchev–Trinajstić information content (AvgIpc) is 3.03. The van der Waals surface area contributed by atoms with Gasteiger partial charge in [0.1, 0.15) is 5.82 Å². The lowest BCUT2D eigenvalue weighted by molar-refractivity contribution is 0.102. The lowest BCUT2D eigenvalue weighted by Crippen LogP contribution is -2.20. The lowest BCUT2D eigenvalue weighted by atomic mass is 10.2. The molecule has 3 rings (SSSR count). The van der Waals surface area contributed by atoms with Crippen LogP contribution in [0.1, 0.15) is 23.2 Å². The van der Waals surface area contributed by atoms with Gasteiger partial charge >= 0.3 is 0 Å². The van der Waals surface area contributed by atoms with Crippen molar-refractivity contribution in [3.8, 4) is 0 Å². The van der Waals surface area contributed by atoms with Crippen molar-refractivity contribution in [1.82, 2.24) is 9.97 Å². The van der Waals surface area contributed by atoms with Gasteiger partial charge in [0.15, 0.2) is 0 Å². The van der Waals surface area contributed by atoms with Crippen molar-refractivity contribution in [2.24, 2.45) is 0 Å². The SMILES string of the molecule is O=C(Nc1cnc(N2CCCC2)nc1)c1ccc(F)cc1. The number of benzene rings is 1. The second-order valence-electron chi connectivity index (χ2n) is 4.93. The topological polar surface area (TPSA) is 58.1 Å². The Morgan fingerprint density at radius 3 is 2.33 bits per heavy atom. The Morgan fingerprint density at radius 1 is 1.10 bits per heavy atom. The summed E-state index contributed by atoms with van der Waals surface area (Å²) < 4.78 is 12.8. The second kappa shape index (κ2) is 5.87. The minimum atomic E-state index is -0.371. The van der Waals surface area contributed by atoms with E-state index in [1.807, 2.05) is 0 Å². The van der Waals surface area contributed by atoms with Crippen molar-refractivity contribution in [2.75, 3.05) is 23.3 Å². The van der Waals surface area contributed by atoms with E-state index in [0.29, 0.717) is 17.2 Å². The second-order valence-corrected chi connectivity index (χ2v) is 4.93. The number of nitrogens with one attached hydrogen (secondary N) is 1. The van der Waals surface area contributed by atoms with Crippen LogP contribution in [0.25, 0.3) is 0 Å². The van der Waals surface area contributed by atoms with Gasteiger partial charge in [0.2, 0.25) is 5.95 Å². The molecule has 0 radical (unpaired) electrons. The summed E-state index contributed by atoms with van der Waals surface area (Å²) in [5.74, 6) is 0.00431. The molecule has 5 nitrogen and oxygen atoms in total. The first kappa shape index (κ1) is 13.5. The summed E-state index contributed by atoms with van der Waals surface area (Å²) in [7, 11) is 0. The number of halogens is 1. The Morgan fingerprint density at radius 2 is 1.71 bits per heavy atom. The van der Waals surface area contributed by atoms with Gasteiger partial charge in [-0.25, -0.2) is 14.4 Å². The zero-order chi connectivity index (χ0) is 14.7. The number of carbonyl (C=O) groups excluding carboxylic acids is 1. The zero-order valence-corrected chi connectivity index (χ0v) is 11.4. The van der Waals surface area contributed by atoms with Gasteiger partial charge in [0, 0.05) is 18.7 Å². The van der Waals surface area contributed by atoms with Gasteiger partial charge < -0.3 is 10.2 Å². The highest BCUT2D eigenvalue weighted by molar-refractivity contribution is 6.04. The minimum Gasteiger partial charge on any atom is -0.341 e. The Kier molecular flexibility index (Phi) is 3.77. The van der Waals surface area contributed by atoms with Crippen molar-refractivity contribution in [1.29, 1.82) is 0 Å². The summed E-state index contributed by atoms with van der Waals surface area (Å²) in [5.41, 5.74) is 0.910. The molecular formula is C15H15FN4O. The summed E-state index contributed by atoms with van der Waals surface area (Å²) >= 11 is 0. The normalized spacial score (nSPS) is 14.2. The van der Waals surface area contributed by atoms with Gasteiger partial charge in [-0.2, -0.15) is 0 Å². The third-order valence-corrected chi connectivity index (χ3v) is 3.39. The highest BCUT2D eigenvalue weighted by Crippen LogP contribution is 2.16. The van der Waals surface area contributed by atoms with E-state index in [0.717, 1.165) is 25.9 Å². The molecule has 1 aliphatic rings. The van der Waals surface area contributed by atoms with Crippen LogP contribution in [-0.4, -0.2) is 29.0 Å². The fourth-order valence-electron chi connectivity index (χ4n) is 2.27. The standard InChI is InChI=1S/C15H15FN4O/c16-12-5-3-11(4-6-12)14(21)19-13-9-17-15(18-10-13)20-7-1-2-8-20/h3-6,9-10H,1-2,7-8H2,(H,19,21). The van der Waals surface area contributed by atoms with Gasteiger partial charge in [-0.05, 0) is 37.1 Å². The predicted octanol–water partition coefficient (Wildman–Crippen LogP) is 2.47. The number of nitrogens with zero attached hydrogens (tertiary/aromatic N) is 3. The third kappa shape index (κ3) is 3.16. The van der Waals surface area contributed by atoms with Crippen molar-refractivity contribution < 1.29 is 9.18 Å². The Hall–Kier alpha value is -2.50. The molecule has 2 aromatic rings. The number of hydrogen-bond donors (Lipinski definition) is 1. The Bertz CT molecular complexity index is 621. The largest absolute Gasteiger partial charge is 0.341 e. The van der Waals surface area contributed by atoms with Crippen LogP contribution in [0.15, 0.2) is 36.7 Å². The van der Waals surface area contributed by atoms with Crippen molar-refractivity contribution in [3.05, 3.63) is 48.0 Å². The summed E-state index contributed by atoms with van der Waals surface area (Å²) in [4.78, 5) is 22.6. The average molecular weight is 286 g/mol. The maximum Gasteiger partial charge on any atom is 0.255 e. The third-order valence-electron chi connectivity index (χ3n) is 3.39. The maximum atomic E-state index is 12.8. The van der Waals surface area contributed by atoms with Crippen LogP contribution < -0.4 is 10.2 Å². The van der Waals surface area contributed by atoms with Crippen molar-refractivity contribution in [2.45, 2.75) is 12.8 Å².